The lowest BCUT2D eigenvalue weighted by molar-refractivity contribution is -0.116. The number of hydrogen-bond acceptors (Lipinski definition) is 5. The molecule has 0 radical (unpaired) electrons. The van der Waals surface area contributed by atoms with Gasteiger partial charge in [-0.25, -0.2) is 17.2 Å². The summed E-state index contributed by atoms with van der Waals surface area (Å²) in [5.41, 5.74) is -0.0668. The average Bonchev–Trinajstić information content (AvgIpc) is 2.62. The molecule has 0 bridgehead atoms. The Balaban J connectivity index is 1.90. The summed E-state index contributed by atoms with van der Waals surface area (Å²) in [7, 11) is -3.88. The lowest BCUT2D eigenvalue weighted by Gasteiger charge is -2.29. The number of amides is 1. The van der Waals surface area contributed by atoms with Crippen molar-refractivity contribution in [2.24, 2.45) is 0 Å². The third-order valence-corrected chi connectivity index (χ3v) is 5.30. The second kappa shape index (κ2) is 7.63. The molecule has 3 rings (SSSR count). The van der Waals surface area contributed by atoms with Crippen molar-refractivity contribution in [2.45, 2.75) is 13.0 Å². The van der Waals surface area contributed by atoms with Crippen molar-refractivity contribution < 1.29 is 31.5 Å². The smallest absolute Gasteiger partial charge is 0.248 e. The van der Waals surface area contributed by atoms with Crippen molar-refractivity contribution in [3.05, 3.63) is 48.0 Å². The van der Waals surface area contributed by atoms with Gasteiger partial charge in [0, 0.05) is 12.1 Å². The minimum atomic E-state index is -3.88. The highest BCUT2D eigenvalue weighted by atomic mass is 32.2. The standard InChI is InChI=1S/C18H18F2N2O5S/c1-11(18(23)21-15-5-3-12(19)9-14(15)20)22(28(2,24)25)13-4-6-16-17(10-13)27-8-7-26-16/h3-6,9-11H,7-8H2,1-2H3,(H,21,23)/t11-/m1/s1. The number of hydrogen-bond donors (Lipinski definition) is 1. The van der Waals surface area contributed by atoms with E-state index in [1.165, 1.54) is 19.1 Å². The zero-order chi connectivity index (χ0) is 20.5. The van der Waals surface area contributed by atoms with E-state index in [9.17, 15) is 22.0 Å². The quantitative estimate of drug-likeness (QED) is 0.816. The van der Waals surface area contributed by atoms with E-state index in [1.54, 1.807) is 6.07 Å². The fourth-order valence-electron chi connectivity index (χ4n) is 2.81. The molecule has 2 aromatic rings. The molecular weight excluding hydrogens is 394 g/mol. The van der Waals surface area contributed by atoms with Gasteiger partial charge in [0.25, 0.3) is 0 Å². The van der Waals surface area contributed by atoms with Crippen LogP contribution in [-0.2, 0) is 14.8 Å². The number of benzene rings is 2. The van der Waals surface area contributed by atoms with Gasteiger partial charge in [-0.1, -0.05) is 0 Å². The molecule has 0 aromatic heterocycles. The van der Waals surface area contributed by atoms with Crippen LogP contribution in [0.4, 0.5) is 20.2 Å². The summed E-state index contributed by atoms with van der Waals surface area (Å²) in [6.45, 7) is 2.05. The summed E-state index contributed by atoms with van der Waals surface area (Å²) in [6, 6.07) is 5.93. The summed E-state index contributed by atoms with van der Waals surface area (Å²) in [5, 5.41) is 2.28. The molecule has 0 saturated carbocycles. The molecule has 0 aliphatic carbocycles. The Morgan fingerprint density at radius 1 is 1.11 bits per heavy atom. The van der Waals surface area contributed by atoms with Gasteiger partial charge in [0.05, 0.1) is 17.6 Å². The monoisotopic (exact) mass is 412 g/mol. The van der Waals surface area contributed by atoms with Crippen LogP contribution in [-0.4, -0.2) is 39.8 Å². The second-order valence-corrected chi connectivity index (χ2v) is 8.04. The molecule has 1 amide bonds. The van der Waals surface area contributed by atoms with Gasteiger partial charge >= 0.3 is 0 Å². The van der Waals surface area contributed by atoms with Gasteiger partial charge in [0.2, 0.25) is 15.9 Å². The molecule has 0 spiro atoms. The first-order valence-electron chi connectivity index (χ1n) is 8.32. The van der Waals surface area contributed by atoms with E-state index in [4.69, 9.17) is 9.47 Å². The summed E-state index contributed by atoms with van der Waals surface area (Å²) in [5.74, 6) is -1.72. The molecule has 1 aliphatic heterocycles. The Labute approximate surface area is 160 Å². The number of nitrogens with zero attached hydrogens (tertiary/aromatic N) is 1. The predicted molar refractivity (Wildman–Crippen MR) is 99.2 cm³/mol. The number of ether oxygens (including phenoxy) is 2. The maximum atomic E-state index is 13.8. The summed E-state index contributed by atoms with van der Waals surface area (Å²) >= 11 is 0. The SMILES string of the molecule is C[C@H](C(=O)Nc1ccc(F)cc1F)N(c1ccc2c(c1)OCCO2)S(C)(=O)=O. The fraction of sp³-hybridized carbons (Fsp3) is 0.278. The molecule has 28 heavy (non-hydrogen) atoms. The van der Waals surface area contributed by atoms with Crippen LogP contribution in [0, 0.1) is 11.6 Å². The van der Waals surface area contributed by atoms with E-state index < -0.39 is 33.6 Å². The molecule has 10 heteroatoms. The Morgan fingerprint density at radius 2 is 1.79 bits per heavy atom. The highest BCUT2D eigenvalue weighted by Crippen LogP contribution is 2.35. The molecule has 2 aromatic carbocycles. The van der Waals surface area contributed by atoms with Gasteiger partial charge < -0.3 is 14.8 Å². The van der Waals surface area contributed by atoms with Gasteiger partial charge in [0.15, 0.2) is 11.5 Å². The third kappa shape index (κ3) is 4.16. The lowest BCUT2D eigenvalue weighted by Crippen LogP contribution is -2.45. The van der Waals surface area contributed by atoms with E-state index in [2.05, 4.69) is 5.32 Å². The highest BCUT2D eigenvalue weighted by Gasteiger charge is 2.30. The second-order valence-electron chi connectivity index (χ2n) is 6.18. The van der Waals surface area contributed by atoms with Crippen molar-refractivity contribution >= 4 is 27.3 Å². The van der Waals surface area contributed by atoms with Crippen molar-refractivity contribution in [3.8, 4) is 11.5 Å². The zero-order valence-corrected chi connectivity index (χ0v) is 15.9. The van der Waals surface area contributed by atoms with Crippen LogP contribution in [0.3, 0.4) is 0 Å². The molecule has 150 valence electrons. The number of halogens is 2. The number of nitrogens with one attached hydrogen (secondary N) is 1. The predicted octanol–water partition coefficient (Wildman–Crippen LogP) is 2.53. The summed E-state index contributed by atoms with van der Waals surface area (Å²) in [6.07, 6.45) is 0.950. The Bertz CT molecular complexity index is 1010. The minimum Gasteiger partial charge on any atom is -0.486 e. The number of fused-ring (bicyclic) bond motifs is 1. The summed E-state index contributed by atoms with van der Waals surface area (Å²) in [4.78, 5) is 12.6. The first kappa shape index (κ1) is 19.9. The first-order chi connectivity index (χ1) is 13.2. The normalized spacial score (nSPS) is 14.3. The molecule has 7 nitrogen and oxygen atoms in total. The average molecular weight is 412 g/mol. The van der Waals surface area contributed by atoms with E-state index in [0.29, 0.717) is 30.8 Å². The van der Waals surface area contributed by atoms with Crippen molar-refractivity contribution in [2.75, 3.05) is 29.1 Å². The van der Waals surface area contributed by atoms with Crippen LogP contribution in [0.5, 0.6) is 11.5 Å². The maximum Gasteiger partial charge on any atom is 0.248 e. The number of anilines is 2. The molecule has 1 atom stereocenters. The molecular formula is C18H18F2N2O5S. The largest absolute Gasteiger partial charge is 0.486 e. The topological polar surface area (TPSA) is 84.9 Å². The Kier molecular flexibility index (Phi) is 5.41. The number of rotatable bonds is 5. The van der Waals surface area contributed by atoms with Crippen LogP contribution < -0.4 is 19.1 Å². The Hall–Kier alpha value is -2.88. The van der Waals surface area contributed by atoms with Gasteiger partial charge in [-0.3, -0.25) is 9.10 Å². The zero-order valence-electron chi connectivity index (χ0n) is 15.1. The first-order valence-corrected chi connectivity index (χ1v) is 10.2. The minimum absolute atomic E-state index is 0.189. The number of carbonyl (C=O) groups is 1. The van der Waals surface area contributed by atoms with Crippen LogP contribution in [0.25, 0.3) is 0 Å². The van der Waals surface area contributed by atoms with Gasteiger partial charge in [-0.2, -0.15) is 0 Å². The van der Waals surface area contributed by atoms with Crippen molar-refractivity contribution in [1.29, 1.82) is 0 Å². The van der Waals surface area contributed by atoms with E-state index >= 15 is 0 Å². The number of sulfonamides is 1. The Morgan fingerprint density at radius 3 is 2.43 bits per heavy atom. The van der Waals surface area contributed by atoms with E-state index in [1.807, 2.05) is 0 Å². The number of carbonyl (C=O) groups excluding carboxylic acids is 1. The van der Waals surface area contributed by atoms with Crippen molar-refractivity contribution in [1.82, 2.24) is 0 Å². The van der Waals surface area contributed by atoms with Gasteiger partial charge in [0.1, 0.15) is 30.9 Å². The van der Waals surface area contributed by atoms with Gasteiger partial charge in [-0.05, 0) is 31.2 Å². The third-order valence-electron chi connectivity index (χ3n) is 4.06. The molecule has 0 unspecified atom stereocenters. The molecule has 1 N–H and O–H groups in total. The maximum absolute atomic E-state index is 13.8. The van der Waals surface area contributed by atoms with Crippen molar-refractivity contribution in [3.63, 3.8) is 0 Å². The molecule has 1 heterocycles. The highest BCUT2D eigenvalue weighted by molar-refractivity contribution is 7.92. The lowest BCUT2D eigenvalue weighted by atomic mass is 10.2. The van der Waals surface area contributed by atoms with Gasteiger partial charge in [-0.15, -0.1) is 0 Å². The molecule has 0 fully saturated rings. The van der Waals surface area contributed by atoms with E-state index in [-0.39, 0.29) is 11.4 Å². The molecule has 0 saturated heterocycles. The fourth-order valence-corrected chi connectivity index (χ4v) is 3.97. The summed E-state index contributed by atoms with van der Waals surface area (Å²) < 4.78 is 63.3. The molecule has 1 aliphatic rings. The van der Waals surface area contributed by atoms with Crippen LogP contribution >= 0.6 is 0 Å². The van der Waals surface area contributed by atoms with Crippen LogP contribution in [0.1, 0.15) is 6.92 Å². The van der Waals surface area contributed by atoms with E-state index in [0.717, 1.165) is 22.7 Å². The van der Waals surface area contributed by atoms with Crippen LogP contribution in [0.15, 0.2) is 36.4 Å². The van der Waals surface area contributed by atoms with Crippen LogP contribution in [0.2, 0.25) is 0 Å².